The summed E-state index contributed by atoms with van der Waals surface area (Å²) < 4.78 is 22.7. The number of pyridine rings is 1. The van der Waals surface area contributed by atoms with Crippen LogP contribution >= 0.6 is 0 Å². The van der Waals surface area contributed by atoms with Crippen LogP contribution in [0, 0.1) is 0 Å². The Morgan fingerprint density at radius 2 is 1.07 bits per heavy atom. The van der Waals surface area contributed by atoms with Crippen LogP contribution in [-0.4, -0.2) is 16.2 Å². The topological polar surface area (TPSA) is 59.8 Å². The fourth-order valence-electron chi connectivity index (χ4n) is 10.3. The lowest BCUT2D eigenvalue weighted by molar-refractivity contribution is 0.477. The molecule has 0 spiro atoms. The predicted octanol–water partition coefficient (Wildman–Crippen LogP) is 16.4. The molecular weight excluding hydrogens is 825 g/mol. The molecule has 0 radical (unpaired) electrons. The predicted molar refractivity (Wildman–Crippen MR) is 273 cm³/mol. The van der Waals surface area contributed by atoms with Gasteiger partial charge in [-0.2, -0.15) is 0 Å². The van der Waals surface area contributed by atoms with E-state index in [2.05, 4.69) is 190 Å². The Morgan fingerprint density at radius 3 is 1.84 bits per heavy atom. The summed E-state index contributed by atoms with van der Waals surface area (Å²) in [4.78, 5) is 9.62. The van der Waals surface area contributed by atoms with Crippen LogP contribution in [0.1, 0.15) is 0 Å². The Bertz CT molecular complexity index is 4000. The number of hydrogen-bond donors (Lipinski definition) is 0. The van der Waals surface area contributed by atoms with E-state index < -0.39 is 0 Å². The SMILES string of the molecule is c1ccc(-c2cccc(-c3ccccc3)c2N2CN(c3cc(Oc4ccc5c6ccccc6n(-c6ccccn6)c5c4)c4oc5cc6c(cc5c4c3)oc3ccccc36)c3ccccc32)cc1. The van der Waals surface area contributed by atoms with Gasteiger partial charge in [0.1, 0.15) is 35.0 Å². The van der Waals surface area contributed by atoms with Crippen molar-refractivity contribution in [3.63, 3.8) is 0 Å². The number of rotatable bonds is 7. The number of anilines is 4. The van der Waals surface area contributed by atoms with Gasteiger partial charge in [0.05, 0.1) is 28.1 Å². The third-order valence-electron chi connectivity index (χ3n) is 13.3. The summed E-state index contributed by atoms with van der Waals surface area (Å²) in [5.74, 6) is 2.13. The summed E-state index contributed by atoms with van der Waals surface area (Å²) in [7, 11) is 0. The molecule has 4 aromatic heterocycles. The molecule has 0 amide bonds. The third kappa shape index (κ3) is 5.88. The average Bonchev–Trinajstić information content (AvgIpc) is 4.15. The normalized spacial score (nSPS) is 12.7. The van der Waals surface area contributed by atoms with Gasteiger partial charge in [0.15, 0.2) is 11.3 Å². The van der Waals surface area contributed by atoms with E-state index in [0.29, 0.717) is 23.8 Å². The van der Waals surface area contributed by atoms with Crippen molar-refractivity contribution < 1.29 is 13.6 Å². The van der Waals surface area contributed by atoms with E-state index in [9.17, 15) is 0 Å². The second-order valence-corrected chi connectivity index (χ2v) is 17.1. The van der Waals surface area contributed by atoms with Crippen LogP contribution in [0.25, 0.3) is 93.8 Å². The first kappa shape index (κ1) is 37.3. The monoisotopic (exact) mass is 862 g/mol. The van der Waals surface area contributed by atoms with Crippen LogP contribution in [-0.2, 0) is 0 Å². The van der Waals surface area contributed by atoms with Gasteiger partial charge in [0.25, 0.3) is 0 Å². The Morgan fingerprint density at radius 1 is 0.433 bits per heavy atom. The van der Waals surface area contributed by atoms with Crippen LogP contribution in [0.3, 0.4) is 0 Å². The van der Waals surface area contributed by atoms with Crippen molar-refractivity contribution in [2.75, 3.05) is 16.5 Å². The second-order valence-electron chi connectivity index (χ2n) is 17.1. The molecule has 0 bridgehead atoms. The maximum absolute atomic E-state index is 7.13. The van der Waals surface area contributed by atoms with Crippen molar-refractivity contribution in [3.05, 3.63) is 219 Å². The highest BCUT2D eigenvalue weighted by atomic mass is 16.5. The highest BCUT2D eigenvalue weighted by molar-refractivity contribution is 6.16. The Kier molecular flexibility index (Phi) is 8.21. The van der Waals surface area contributed by atoms with Gasteiger partial charge in [-0.1, -0.05) is 133 Å². The number of aromatic nitrogens is 2. The Labute approximate surface area is 384 Å². The van der Waals surface area contributed by atoms with Crippen LogP contribution in [0.4, 0.5) is 22.7 Å². The molecule has 0 aliphatic carbocycles. The highest BCUT2D eigenvalue weighted by Crippen LogP contribution is 2.52. The van der Waals surface area contributed by atoms with E-state index in [-0.39, 0.29) is 0 Å². The number of hydrogen-bond acceptors (Lipinski definition) is 6. The van der Waals surface area contributed by atoms with Crippen molar-refractivity contribution in [1.29, 1.82) is 0 Å². The summed E-state index contributed by atoms with van der Waals surface area (Å²) in [5.41, 5.74) is 14.1. The zero-order valence-electron chi connectivity index (χ0n) is 36.0. The highest BCUT2D eigenvalue weighted by Gasteiger charge is 2.32. The molecule has 7 nitrogen and oxygen atoms in total. The molecule has 5 heterocycles. The van der Waals surface area contributed by atoms with E-state index >= 15 is 0 Å². The summed E-state index contributed by atoms with van der Waals surface area (Å²) in [6, 6.07) is 74.2. The molecule has 0 fully saturated rings. The fraction of sp³-hybridized carbons (Fsp3) is 0.0167. The van der Waals surface area contributed by atoms with Gasteiger partial charge in [-0.3, -0.25) is 4.57 Å². The van der Waals surface area contributed by atoms with Gasteiger partial charge in [-0.05, 0) is 77.9 Å². The Hall–Kier alpha value is -9.07. The summed E-state index contributed by atoms with van der Waals surface area (Å²) >= 11 is 0. The minimum absolute atomic E-state index is 0.549. The van der Waals surface area contributed by atoms with Gasteiger partial charge in [0, 0.05) is 67.5 Å². The van der Waals surface area contributed by atoms with Crippen molar-refractivity contribution in [2.45, 2.75) is 0 Å². The maximum atomic E-state index is 7.13. The van der Waals surface area contributed by atoms with Gasteiger partial charge in [0.2, 0.25) is 0 Å². The number of nitrogens with zero attached hydrogens (tertiary/aromatic N) is 4. The largest absolute Gasteiger partial charge is 0.456 e. The molecule has 67 heavy (non-hydrogen) atoms. The van der Waals surface area contributed by atoms with E-state index in [0.717, 1.165) is 111 Å². The number of para-hydroxylation sites is 5. The van der Waals surface area contributed by atoms with Crippen LogP contribution in [0.5, 0.6) is 11.5 Å². The molecule has 0 saturated carbocycles. The van der Waals surface area contributed by atoms with Gasteiger partial charge in [-0.25, -0.2) is 4.98 Å². The summed E-state index contributed by atoms with van der Waals surface area (Å²) in [6.07, 6.45) is 1.83. The zero-order valence-corrected chi connectivity index (χ0v) is 36.0. The van der Waals surface area contributed by atoms with Crippen LogP contribution in [0.15, 0.2) is 227 Å². The molecule has 7 heteroatoms. The smallest absolute Gasteiger partial charge is 0.178 e. The zero-order chi connectivity index (χ0) is 44.0. The first-order valence-corrected chi connectivity index (χ1v) is 22.5. The molecule has 1 aliphatic heterocycles. The molecule has 1 aliphatic rings. The second kappa shape index (κ2) is 14.7. The van der Waals surface area contributed by atoms with Crippen molar-refractivity contribution >= 4 is 88.4 Å². The third-order valence-corrected chi connectivity index (χ3v) is 13.3. The minimum atomic E-state index is 0.549. The molecular formula is C60H38N4O3. The maximum Gasteiger partial charge on any atom is 0.178 e. The lowest BCUT2D eigenvalue weighted by Gasteiger charge is -2.27. The molecule has 0 N–H and O–H groups in total. The standard InChI is InChI=1S/C60H38N4O3/c1-3-16-38(17-4-1)42-22-15-23-43(39-18-5-2-6-19-39)59(42)63-37-62(51-25-10-11-26-52(51)63)40-32-49-48-36-55-47(46-21-8-12-27-54(46)66-55)35-56(48)67-60(49)57(33-40)65-41-29-30-45-44-20-7-9-24-50(44)64(53(45)34-41)58-28-13-14-31-61-58/h1-36H,37H2. The molecule has 13 aromatic rings. The number of ether oxygens (including phenoxy) is 1. The molecule has 0 unspecified atom stereocenters. The quantitative estimate of drug-likeness (QED) is 0.159. The first-order valence-electron chi connectivity index (χ1n) is 22.5. The van der Waals surface area contributed by atoms with Gasteiger partial charge in [-0.15, -0.1) is 0 Å². The molecule has 14 rings (SSSR count). The van der Waals surface area contributed by atoms with Gasteiger partial charge < -0.3 is 23.4 Å². The summed E-state index contributed by atoms with van der Waals surface area (Å²) in [6.45, 7) is 0.549. The van der Waals surface area contributed by atoms with E-state index in [1.807, 2.05) is 42.6 Å². The lowest BCUT2D eigenvalue weighted by atomic mass is 9.95. The number of furan rings is 2. The number of fused-ring (bicyclic) bond motifs is 10. The first-order chi connectivity index (χ1) is 33.2. The van der Waals surface area contributed by atoms with Crippen LogP contribution < -0.4 is 14.5 Å². The van der Waals surface area contributed by atoms with Crippen molar-refractivity contribution in [3.8, 4) is 39.6 Å². The molecule has 316 valence electrons. The fourth-order valence-corrected chi connectivity index (χ4v) is 10.3. The summed E-state index contributed by atoms with van der Waals surface area (Å²) in [5, 5.41) is 6.20. The Balaban J connectivity index is 0.972. The van der Waals surface area contributed by atoms with Crippen LogP contribution in [0.2, 0.25) is 0 Å². The van der Waals surface area contributed by atoms with E-state index in [1.165, 1.54) is 0 Å². The van der Waals surface area contributed by atoms with Crippen molar-refractivity contribution in [2.24, 2.45) is 0 Å². The minimum Gasteiger partial charge on any atom is -0.456 e. The van der Waals surface area contributed by atoms with Crippen molar-refractivity contribution in [1.82, 2.24) is 9.55 Å². The van der Waals surface area contributed by atoms with E-state index in [4.69, 9.17) is 18.6 Å². The molecule has 9 aromatic carbocycles. The molecule has 0 saturated heterocycles. The van der Waals surface area contributed by atoms with Gasteiger partial charge >= 0.3 is 0 Å². The average molecular weight is 863 g/mol. The van der Waals surface area contributed by atoms with E-state index in [1.54, 1.807) is 0 Å². The number of benzene rings is 9. The lowest BCUT2D eigenvalue weighted by Crippen LogP contribution is -2.25. The molecule has 0 atom stereocenters.